The fourth-order valence-corrected chi connectivity index (χ4v) is 4.14. The van der Waals surface area contributed by atoms with Gasteiger partial charge in [-0.1, -0.05) is 121 Å². The van der Waals surface area contributed by atoms with Crippen molar-refractivity contribution in [3.05, 3.63) is 144 Å². The predicted octanol–water partition coefficient (Wildman–Crippen LogP) is 9.24. The topological polar surface area (TPSA) is 12.0 Å². The Morgan fingerprint density at radius 2 is 0.853 bits per heavy atom. The molecule has 0 spiro atoms. The highest BCUT2D eigenvalue weighted by Crippen LogP contribution is 2.33. The summed E-state index contributed by atoms with van der Waals surface area (Å²) in [5.41, 5.74) is 11.1. The molecule has 1 aliphatic heterocycles. The minimum Gasteiger partial charge on any atom is -0.355 e. The van der Waals surface area contributed by atoms with E-state index in [1.807, 2.05) is 18.2 Å². The van der Waals surface area contributed by atoms with Crippen LogP contribution in [-0.2, 0) is 0 Å². The maximum atomic E-state index is 3.55. The van der Waals surface area contributed by atoms with Gasteiger partial charge in [-0.15, -0.1) is 0 Å². The van der Waals surface area contributed by atoms with E-state index in [0.29, 0.717) is 0 Å². The number of nitrogens with one attached hydrogen (secondary N) is 1. The van der Waals surface area contributed by atoms with Crippen LogP contribution in [0.25, 0.3) is 34.4 Å². The van der Waals surface area contributed by atoms with E-state index in [4.69, 9.17) is 0 Å². The van der Waals surface area contributed by atoms with Crippen LogP contribution >= 0.6 is 0 Å². The van der Waals surface area contributed by atoms with E-state index in [0.717, 1.165) is 11.4 Å². The Morgan fingerprint density at radius 3 is 1.38 bits per heavy atom. The zero-order valence-corrected chi connectivity index (χ0v) is 19.3. The molecule has 164 valence electrons. The number of hydrogen-bond donors (Lipinski definition) is 1. The normalized spacial score (nSPS) is 11.2. The fraction of sp³-hybridized carbons (Fsp3) is 0.0303. The van der Waals surface area contributed by atoms with Gasteiger partial charge in [-0.25, -0.2) is 0 Å². The Morgan fingerprint density at radius 1 is 0.412 bits per heavy atom. The number of rotatable bonds is 2. The van der Waals surface area contributed by atoms with Gasteiger partial charge in [0.1, 0.15) is 0 Å². The quantitative estimate of drug-likeness (QED) is 0.285. The molecule has 0 saturated carbocycles. The number of hydrogen-bond acceptors (Lipinski definition) is 1. The standard InChI is InChI=1S/C21H17N.C12H10/c1-15-7-11-20-18(13-15)8-9-19-14-17(10-12-21(19)22-20)16-5-3-2-4-6-16;1-3-7-11(8-4-1)12-9-5-2-6-10-12/h2-14,22H,1H3;1-10H. The highest BCUT2D eigenvalue weighted by Gasteiger charge is 2.09. The monoisotopic (exact) mass is 437 g/mol. The lowest BCUT2D eigenvalue weighted by Crippen LogP contribution is -1.94. The molecule has 0 radical (unpaired) electrons. The second-order valence-corrected chi connectivity index (χ2v) is 8.45. The van der Waals surface area contributed by atoms with E-state index in [-0.39, 0.29) is 0 Å². The molecular weight excluding hydrogens is 410 g/mol. The first kappa shape index (κ1) is 21.5. The van der Waals surface area contributed by atoms with Crippen molar-refractivity contribution in [2.24, 2.45) is 0 Å². The third-order valence-electron chi connectivity index (χ3n) is 5.96. The van der Waals surface area contributed by atoms with Crippen LogP contribution in [0.2, 0.25) is 0 Å². The summed E-state index contributed by atoms with van der Waals surface area (Å²) < 4.78 is 0. The molecule has 1 nitrogen and oxygen atoms in total. The molecule has 6 rings (SSSR count). The van der Waals surface area contributed by atoms with Crippen molar-refractivity contribution in [1.29, 1.82) is 0 Å². The SMILES string of the molecule is Cc1ccc2c(c1)C=Cc1cc(-c3ccccc3)ccc1N2.c1ccc(-c2ccccc2)cc1. The largest absolute Gasteiger partial charge is 0.355 e. The van der Waals surface area contributed by atoms with Gasteiger partial charge in [0.25, 0.3) is 0 Å². The molecule has 1 heteroatoms. The van der Waals surface area contributed by atoms with Crippen LogP contribution in [-0.4, -0.2) is 0 Å². The van der Waals surface area contributed by atoms with Crippen molar-refractivity contribution in [2.45, 2.75) is 6.92 Å². The Balaban J connectivity index is 0.000000169. The maximum Gasteiger partial charge on any atom is 0.0458 e. The van der Waals surface area contributed by atoms with E-state index in [2.05, 4.69) is 134 Å². The molecule has 0 bridgehead atoms. The lowest BCUT2D eigenvalue weighted by Gasteiger charge is -2.11. The van der Waals surface area contributed by atoms with Gasteiger partial charge in [-0.3, -0.25) is 0 Å². The highest BCUT2D eigenvalue weighted by atomic mass is 14.9. The van der Waals surface area contributed by atoms with Gasteiger partial charge in [0.15, 0.2) is 0 Å². The van der Waals surface area contributed by atoms with Crippen LogP contribution in [0.1, 0.15) is 16.7 Å². The molecule has 5 aromatic rings. The molecule has 0 aliphatic carbocycles. The molecule has 1 heterocycles. The molecule has 0 fully saturated rings. The molecule has 0 saturated heterocycles. The van der Waals surface area contributed by atoms with Gasteiger partial charge in [-0.2, -0.15) is 0 Å². The average Bonchev–Trinajstić information content (AvgIpc) is 3.09. The minimum absolute atomic E-state index is 1.15. The number of aryl methyl sites for hydroxylation is 1. The van der Waals surface area contributed by atoms with Crippen LogP contribution < -0.4 is 5.32 Å². The Bertz CT molecular complexity index is 1360. The zero-order valence-electron chi connectivity index (χ0n) is 19.3. The van der Waals surface area contributed by atoms with E-state index < -0.39 is 0 Å². The van der Waals surface area contributed by atoms with Crippen molar-refractivity contribution in [1.82, 2.24) is 0 Å². The number of fused-ring (bicyclic) bond motifs is 2. The maximum absolute atomic E-state index is 3.55. The first-order valence-corrected chi connectivity index (χ1v) is 11.6. The lowest BCUT2D eigenvalue weighted by atomic mass is 10.0. The minimum atomic E-state index is 1.15. The second kappa shape index (κ2) is 10.1. The fourth-order valence-electron chi connectivity index (χ4n) is 4.14. The summed E-state index contributed by atoms with van der Waals surface area (Å²) in [7, 11) is 0. The molecular formula is C33H27N. The van der Waals surface area contributed by atoms with Crippen LogP contribution in [0.4, 0.5) is 11.4 Å². The second-order valence-electron chi connectivity index (χ2n) is 8.45. The van der Waals surface area contributed by atoms with E-state index in [1.165, 1.54) is 38.9 Å². The van der Waals surface area contributed by atoms with Crippen LogP contribution in [0.5, 0.6) is 0 Å². The van der Waals surface area contributed by atoms with Gasteiger partial charge in [0.05, 0.1) is 0 Å². The summed E-state index contributed by atoms with van der Waals surface area (Å²) in [6.07, 6.45) is 4.38. The molecule has 0 atom stereocenters. The molecule has 5 aromatic carbocycles. The Kier molecular flexibility index (Phi) is 6.36. The third-order valence-corrected chi connectivity index (χ3v) is 5.96. The molecule has 0 amide bonds. The van der Waals surface area contributed by atoms with Gasteiger partial charge in [-0.05, 0) is 64.6 Å². The number of benzene rings is 5. The molecule has 1 aliphatic rings. The third kappa shape index (κ3) is 5.00. The van der Waals surface area contributed by atoms with Crippen LogP contribution in [0.15, 0.2) is 127 Å². The van der Waals surface area contributed by atoms with Crippen molar-refractivity contribution < 1.29 is 0 Å². The zero-order chi connectivity index (χ0) is 23.2. The van der Waals surface area contributed by atoms with E-state index in [1.54, 1.807) is 0 Å². The lowest BCUT2D eigenvalue weighted by molar-refractivity contribution is 1.44. The van der Waals surface area contributed by atoms with Crippen LogP contribution in [0.3, 0.4) is 0 Å². The van der Waals surface area contributed by atoms with Crippen molar-refractivity contribution in [3.8, 4) is 22.3 Å². The summed E-state index contributed by atoms with van der Waals surface area (Å²) in [5.74, 6) is 0. The summed E-state index contributed by atoms with van der Waals surface area (Å²) in [4.78, 5) is 0. The Labute approximate surface area is 202 Å². The van der Waals surface area contributed by atoms with Crippen molar-refractivity contribution in [3.63, 3.8) is 0 Å². The average molecular weight is 438 g/mol. The summed E-state index contributed by atoms with van der Waals surface area (Å²) in [6, 6.07) is 44.4. The van der Waals surface area contributed by atoms with Gasteiger partial charge < -0.3 is 5.32 Å². The molecule has 0 aromatic heterocycles. The summed E-state index contributed by atoms with van der Waals surface area (Å²) >= 11 is 0. The molecule has 34 heavy (non-hydrogen) atoms. The first-order chi connectivity index (χ1) is 16.8. The summed E-state index contributed by atoms with van der Waals surface area (Å²) in [5, 5.41) is 3.55. The van der Waals surface area contributed by atoms with Gasteiger partial charge >= 0.3 is 0 Å². The molecule has 0 unspecified atom stereocenters. The number of anilines is 2. The van der Waals surface area contributed by atoms with Crippen molar-refractivity contribution in [2.75, 3.05) is 5.32 Å². The van der Waals surface area contributed by atoms with E-state index >= 15 is 0 Å². The molecule has 1 N–H and O–H groups in total. The summed E-state index contributed by atoms with van der Waals surface area (Å²) in [6.45, 7) is 2.12. The van der Waals surface area contributed by atoms with Gasteiger partial charge in [0, 0.05) is 11.4 Å². The van der Waals surface area contributed by atoms with E-state index in [9.17, 15) is 0 Å². The Hall–Kier alpha value is -4.36. The highest BCUT2D eigenvalue weighted by molar-refractivity contribution is 5.89. The van der Waals surface area contributed by atoms with Crippen LogP contribution in [0, 0.1) is 6.92 Å². The smallest absolute Gasteiger partial charge is 0.0458 e. The van der Waals surface area contributed by atoms with Gasteiger partial charge in [0.2, 0.25) is 0 Å². The van der Waals surface area contributed by atoms with Crippen molar-refractivity contribution >= 4 is 23.5 Å². The predicted molar refractivity (Wildman–Crippen MR) is 147 cm³/mol. The first-order valence-electron chi connectivity index (χ1n) is 11.6.